The van der Waals surface area contributed by atoms with Crippen LogP contribution in [-0.2, 0) is 11.3 Å². The number of hydrogen-bond acceptors (Lipinski definition) is 3. The molecule has 0 aromatic heterocycles. The van der Waals surface area contributed by atoms with E-state index in [1.54, 1.807) is 7.05 Å². The van der Waals surface area contributed by atoms with Gasteiger partial charge >= 0.3 is 0 Å². The SMILES string of the molecule is CC[C@@H]1[C@@H](O)[C@H](F)[C@@H](CC(=O)NC)N1Cc1ccccc1. The van der Waals surface area contributed by atoms with E-state index in [0.29, 0.717) is 13.0 Å². The molecular formula is C16H23FN2O2. The molecule has 0 saturated carbocycles. The third kappa shape index (κ3) is 3.41. The van der Waals surface area contributed by atoms with Crippen molar-refractivity contribution >= 4 is 5.91 Å². The standard InChI is InChI=1S/C16H23FN2O2/c1-3-12-16(21)15(17)13(9-14(20)18-2)19(12)10-11-7-5-4-6-8-11/h4-8,12-13,15-16,21H,3,9-10H2,1-2H3,(H,18,20)/t12-,13-,15-,16-/m1/s1. The smallest absolute Gasteiger partial charge is 0.221 e. The molecule has 4 nitrogen and oxygen atoms in total. The van der Waals surface area contributed by atoms with E-state index in [1.807, 2.05) is 42.2 Å². The summed E-state index contributed by atoms with van der Waals surface area (Å²) in [5.74, 6) is -0.204. The number of aliphatic hydroxyl groups is 1. The Morgan fingerprint density at radius 1 is 1.33 bits per heavy atom. The molecule has 0 radical (unpaired) electrons. The van der Waals surface area contributed by atoms with Crippen molar-refractivity contribution in [3.05, 3.63) is 35.9 Å². The van der Waals surface area contributed by atoms with Gasteiger partial charge in [0.2, 0.25) is 5.91 Å². The van der Waals surface area contributed by atoms with Gasteiger partial charge in [-0.1, -0.05) is 37.3 Å². The van der Waals surface area contributed by atoms with Crippen molar-refractivity contribution in [3.63, 3.8) is 0 Å². The largest absolute Gasteiger partial charge is 0.388 e. The van der Waals surface area contributed by atoms with Crippen LogP contribution in [-0.4, -0.2) is 47.3 Å². The van der Waals surface area contributed by atoms with Gasteiger partial charge in [-0.25, -0.2) is 4.39 Å². The molecule has 0 bridgehead atoms. The van der Waals surface area contributed by atoms with Crippen molar-refractivity contribution in [1.82, 2.24) is 10.2 Å². The zero-order valence-corrected chi connectivity index (χ0v) is 12.5. The summed E-state index contributed by atoms with van der Waals surface area (Å²) in [5.41, 5.74) is 1.05. The first kappa shape index (κ1) is 15.9. The van der Waals surface area contributed by atoms with Gasteiger partial charge in [-0.05, 0) is 12.0 Å². The van der Waals surface area contributed by atoms with Crippen LogP contribution in [0.3, 0.4) is 0 Å². The number of hydrogen-bond donors (Lipinski definition) is 2. The van der Waals surface area contributed by atoms with Crippen LogP contribution in [0.5, 0.6) is 0 Å². The molecule has 1 heterocycles. The van der Waals surface area contributed by atoms with Crippen molar-refractivity contribution < 1.29 is 14.3 Å². The van der Waals surface area contributed by atoms with Gasteiger partial charge < -0.3 is 10.4 Å². The van der Waals surface area contributed by atoms with Crippen LogP contribution in [0, 0.1) is 0 Å². The van der Waals surface area contributed by atoms with E-state index in [0.717, 1.165) is 5.56 Å². The number of amides is 1. The zero-order valence-electron chi connectivity index (χ0n) is 12.5. The topological polar surface area (TPSA) is 52.6 Å². The van der Waals surface area contributed by atoms with E-state index in [2.05, 4.69) is 5.32 Å². The summed E-state index contributed by atoms with van der Waals surface area (Å²) < 4.78 is 14.4. The Kier molecular flexibility index (Phi) is 5.31. The van der Waals surface area contributed by atoms with E-state index in [-0.39, 0.29) is 18.4 Å². The third-order valence-electron chi connectivity index (χ3n) is 4.24. The number of nitrogens with zero attached hydrogens (tertiary/aromatic N) is 1. The summed E-state index contributed by atoms with van der Waals surface area (Å²) in [4.78, 5) is 13.6. The molecule has 0 spiro atoms. The molecule has 1 aliphatic rings. The highest BCUT2D eigenvalue weighted by Gasteiger charge is 2.48. The van der Waals surface area contributed by atoms with Crippen molar-refractivity contribution in [2.75, 3.05) is 7.05 Å². The Morgan fingerprint density at radius 3 is 2.57 bits per heavy atom. The minimum absolute atomic E-state index is 0.0675. The lowest BCUT2D eigenvalue weighted by molar-refractivity contribution is -0.122. The predicted octanol–water partition coefficient (Wildman–Crippen LogP) is 1.48. The normalized spacial score (nSPS) is 29.5. The van der Waals surface area contributed by atoms with Gasteiger partial charge in [0.1, 0.15) is 12.3 Å². The molecule has 2 rings (SSSR count). The molecule has 4 atom stereocenters. The van der Waals surface area contributed by atoms with Crippen molar-refractivity contribution in [2.45, 2.75) is 50.7 Å². The average Bonchev–Trinajstić information content (AvgIpc) is 2.72. The van der Waals surface area contributed by atoms with E-state index < -0.39 is 18.3 Å². The summed E-state index contributed by atoms with van der Waals surface area (Å²) >= 11 is 0. The fraction of sp³-hybridized carbons (Fsp3) is 0.562. The Morgan fingerprint density at radius 2 is 2.00 bits per heavy atom. The molecule has 2 N–H and O–H groups in total. The number of aliphatic hydroxyl groups excluding tert-OH is 1. The molecule has 116 valence electrons. The number of rotatable bonds is 5. The Balaban J connectivity index is 2.20. The van der Waals surface area contributed by atoms with E-state index >= 15 is 0 Å². The summed E-state index contributed by atoms with van der Waals surface area (Å²) in [6.07, 6.45) is -1.71. The first-order chi connectivity index (χ1) is 10.1. The molecule has 1 saturated heterocycles. The van der Waals surface area contributed by atoms with Crippen LogP contribution in [0.4, 0.5) is 4.39 Å². The fourth-order valence-electron chi connectivity index (χ4n) is 3.09. The van der Waals surface area contributed by atoms with Crippen LogP contribution in [0.25, 0.3) is 0 Å². The van der Waals surface area contributed by atoms with E-state index in [1.165, 1.54) is 0 Å². The molecule has 5 heteroatoms. The molecule has 0 aliphatic carbocycles. The lowest BCUT2D eigenvalue weighted by Crippen LogP contribution is -2.40. The van der Waals surface area contributed by atoms with Gasteiger partial charge in [0, 0.05) is 26.1 Å². The number of carbonyl (C=O) groups excluding carboxylic acids is 1. The van der Waals surface area contributed by atoms with Crippen molar-refractivity contribution in [3.8, 4) is 0 Å². The van der Waals surface area contributed by atoms with E-state index in [4.69, 9.17) is 0 Å². The van der Waals surface area contributed by atoms with Crippen molar-refractivity contribution in [2.24, 2.45) is 0 Å². The number of carbonyl (C=O) groups is 1. The van der Waals surface area contributed by atoms with Gasteiger partial charge in [0.05, 0.1) is 6.04 Å². The van der Waals surface area contributed by atoms with Gasteiger partial charge in [-0.15, -0.1) is 0 Å². The molecule has 1 aliphatic heterocycles. The number of benzene rings is 1. The zero-order chi connectivity index (χ0) is 15.4. The highest BCUT2D eigenvalue weighted by Crippen LogP contribution is 2.32. The summed E-state index contributed by atoms with van der Waals surface area (Å²) in [6.45, 7) is 2.47. The summed E-state index contributed by atoms with van der Waals surface area (Å²) in [7, 11) is 1.54. The molecule has 1 fully saturated rings. The first-order valence-electron chi connectivity index (χ1n) is 7.40. The monoisotopic (exact) mass is 294 g/mol. The second kappa shape index (κ2) is 7.00. The molecule has 21 heavy (non-hydrogen) atoms. The van der Waals surface area contributed by atoms with Crippen LogP contribution in [0.1, 0.15) is 25.3 Å². The number of likely N-dealkylation sites (tertiary alicyclic amines) is 1. The molecule has 1 aromatic rings. The number of alkyl halides is 1. The van der Waals surface area contributed by atoms with Gasteiger partial charge in [0.15, 0.2) is 0 Å². The minimum atomic E-state index is -1.39. The number of nitrogens with one attached hydrogen (secondary N) is 1. The molecule has 0 unspecified atom stereocenters. The van der Waals surface area contributed by atoms with Crippen LogP contribution in [0.2, 0.25) is 0 Å². The second-order valence-corrected chi connectivity index (χ2v) is 5.51. The Hall–Kier alpha value is -1.46. The second-order valence-electron chi connectivity index (χ2n) is 5.51. The Bertz CT molecular complexity index is 469. The maximum atomic E-state index is 14.4. The van der Waals surface area contributed by atoms with Gasteiger partial charge in [-0.3, -0.25) is 9.69 Å². The third-order valence-corrected chi connectivity index (χ3v) is 4.24. The van der Waals surface area contributed by atoms with Crippen LogP contribution < -0.4 is 5.32 Å². The molecular weight excluding hydrogens is 271 g/mol. The number of halogens is 1. The Labute approximate surface area is 125 Å². The quantitative estimate of drug-likeness (QED) is 0.865. The molecule has 1 amide bonds. The highest BCUT2D eigenvalue weighted by atomic mass is 19.1. The predicted molar refractivity (Wildman–Crippen MR) is 79.4 cm³/mol. The summed E-state index contributed by atoms with van der Waals surface area (Å²) in [6, 6.07) is 8.91. The van der Waals surface area contributed by atoms with Crippen LogP contribution >= 0.6 is 0 Å². The molecule has 1 aromatic carbocycles. The maximum absolute atomic E-state index is 14.4. The van der Waals surface area contributed by atoms with Crippen molar-refractivity contribution in [1.29, 1.82) is 0 Å². The van der Waals surface area contributed by atoms with Gasteiger partial charge in [0.25, 0.3) is 0 Å². The minimum Gasteiger partial charge on any atom is -0.388 e. The maximum Gasteiger partial charge on any atom is 0.221 e. The average molecular weight is 294 g/mol. The van der Waals surface area contributed by atoms with Gasteiger partial charge in [-0.2, -0.15) is 0 Å². The lowest BCUT2D eigenvalue weighted by Gasteiger charge is -2.29. The highest BCUT2D eigenvalue weighted by molar-refractivity contribution is 5.76. The summed E-state index contributed by atoms with van der Waals surface area (Å²) in [5, 5.41) is 12.6. The lowest BCUT2D eigenvalue weighted by atomic mass is 10.1. The first-order valence-corrected chi connectivity index (χ1v) is 7.40. The van der Waals surface area contributed by atoms with E-state index in [9.17, 15) is 14.3 Å². The van der Waals surface area contributed by atoms with Crippen LogP contribution in [0.15, 0.2) is 30.3 Å². The fourth-order valence-corrected chi connectivity index (χ4v) is 3.09.